The Morgan fingerprint density at radius 1 is 1.15 bits per heavy atom. The lowest BCUT2D eigenvalue weighted by atomic mass is 10.3. The largest absolute Gasteiger partial charge is 0.378 e. The van der Waals surface area contributed by atoms with Gasteiger partial charge < -0.3 is 10.2 Å². The molecule has 0 amide bonds. The third kappa shape index (κ3) is 4.31. The summed E-state index contributed by atoms with van der Waals surface area (Å²) >= 11 is 0. The molecule has 2 heterocycles. The van der Waals surface area contributed by atoms with Gasteiger partial charge in [-0.2, -0.15) is 5.10 Å². The van der Waals surface area contributed by atoms with Gasteiger partial charge in [0.05, 0.1) is 18.4 Å². The molecule has 2 aromatic rings. The number of aromatic nitrogens is 4. The van der Waals surface area contributed by atoms with Crippen LogP contribution in [0.4, 0.5) is 5.69 Å². The Kier molecular flexibility index (Phi) is 5.49. The fraction of sp³-hybridized carbons (Fsp3) is 0.500. The maximum Gasteiger partial charge on any atom is 0.115 e. The Balaban J connectivity index is 1.80. The zero-order chi connectivity index (χ0) is 14.2. The van der Waals surface area contributed by atoms with E-state index in [9.17, 15) is 0 Å². The van der Waals surface area contributed by atoms with E-state index in [4.69, 9.17) is 0 Å². The summed E-state index contributed by atoms with van der Waals surface area (Å²) in [6, 6.07) is 0. The van der Waals surface area contributed by atoms with Gasteiger partial charge in [-0.3, -0.25) is 4.68 Å². The van der Waals surface area contributed by atoms with Gasteiger partial charge in [-0.1, -0.05) is 13.8 Å². The molecule has 0 aromatic carbocycles. The van der Waals surface area contributed by atoms with Gasteiger partial charge in [0.1, 0.15) is 6.33 Å². The molecule has 20 heavy (non-hydrogen) atoms. The number of anilines is 1. The monoisotopic (exact) mass is 274 g/mol. The van der Waals surface area contributed by atoms with E-state index in [1.165, 1.54) is 6.33 Å². The minimum absolute atomic E-state index is 0.711. The van der Waals surface area contributed by atoms with Crippen LogP contribution in [-0.2, 0) is 13.1 Å². The second kappa shape index (κ2) is 7.59. The molecule has 1 N–H and O–H groups in total. The number of hydrogen-bond donors (Lipinski definition) is 1. The number of nitrogens with zero attached hydrogens (tertiary/aromatic N) is 5. The summed E-state index contributed by atoms with van der Waals surface area (Å²) in [7, 11) is 0. The second-order valence-corrected chi connectivity index (χ2v) is 4.62. The van der Waals surface area contributed by atoms with Crippen LogP contribution < -0.4 is 5.32 Å². The quantitative estimate of drug-likeness (QED) is 0.793. The molecule has 2 rings (SSSR count). The van der Waals surface area contributed by atoms with Crippen molar-refractivity contribution in [1.29, 1.82) is 0 Å². The Hall–Kier alpha value is -1.95. The first-order valence-electron chi connectivity index (χ1n) is 7.04. The van der Waals surface area contributed by atoms with Crippen LogP contribution in [0.1, 0.15) is 19.4 Å². The topological polar surface area (TPSA) is 58.9 Å². The van der Waals surface area contributed by atoms with E-state index in [-0.39, 0.29) is 0 Å². The summed E-state index contributed by atoms with van der Waals surface area (Å²) in [6.07, 6.45) is 9.05. The lowest BCUT2D eigenvalue weighted by molar-refractivity contribution is 0.285. The van der Waals surface area contributed by atoms with Gasteiger partial charge in [-0.15, -0.1) is 0 Å². The Bertz CT molecular complexity index is 491. The smallest absolute Gasteiger partial charge is 0.115 e. The average molecular weight is 274 g/mol. The SMILES string of the molecule is CCN(CC)CCn1cc(NCc2cncnc2)cn1. The van der Waals surface area contributed by atoms with Crippen LogP contribution >= 0.6 is 0 Å². The predicted octanol–water partition coefficient (Wildman–Crippen LogP) is 1.63. The zero-order valence-electron chi connectivity index (χ0n) is 12.2. The first kappa shape index (κ1) is 14.5. The highest BCUT2D eigenvalue weighted by Gasteiger charge is 2.02. The highest BCUT2D eigenvalue weighted by atomic mass is 15.3. The number of likely N-dealkylation sites (N-methyl/N-ethyl adjacent to an activating group) is 1. The van der Waals surface area contributed by atoms with Crippen LogP contribution in [-0.4, -0.2) is 44.3 Å². The summed E-state index contributed by atoms with van der Waals surface area (Å²) in [4.78, 5) is 10.4. The van der Waals surface area contributed by atoms with Crippen molar-refractivity contribution in [3.05, 3.63) is 36.7 Å². The predicted molar refractivity (Wildman–Crippen MR) is 79.4 cm³/mol. The molecule has 0 saturated heterocycles. The fourth-order valence-electron chi connectivity index (χ4n) is 1.99. The Labute approximate surface area is 119 Å². The second-order valence-electron chi connectivity index (χ2n) is 4.62. The minimum Gasteiger partial charge on any atom is -0.378 e. The molecule has 0 unspecified atom stereocenters. The maximum absolute atomic E-state index is 4.37. The summed E-state index contributed by atoms with van der Waals surface area (Å²) in [5.41, 5.74) is 2.08. The van der Waals surface area contributed by atoms with Gasteiger partial charge in [0.2, 0.25) is 0 Å². The summed E-state index contributed by atoms with van der Waals surface area (Å²) in [6.45, 7) is 9.18. The standard InChI is InChI=1S/C14H22N6/c1-3-19(4-2)5-6-20-11-14(10-18-20)17-9-13-7-15-12-16-8-13/h7-8,10-12,17H,3-6,9H2,1-2H3. The average Bonchev–Trinajstić information content (AvgIpc) is 2.95. The van der Waals surface area contributed by atoms with Gasteiger partial charge in [0, 0.05) is 37.2 Å². The molecule has 6 heteroatoms. The van der Waals surface area contributed by atoms with Crippen LogP contribution in [0.3, 0.4) is 0 Å². The van der Waals surface area contributed by atoms with Crippen LogP contribution in [0.5, 0.6) is 0 Å². The Morgan fingerprint density at radius 3 is 2.60 bits per heavy atom. The first-order chi connectivity index (χ1) is 9.81. The molecule has 0 radical (unpaired) electrons. The van der Waals surface area contributed by atoms with E-state index >= 15 is 0 Å². The molecular formula is C14H22N6. The first-order valence-corrected chi connectivity index (χ1v) is 7.04. The van der Waals surface area contributed by atoms with E-state index in [0.29, 0.717) is 6.54 Å². The van der Waals surface area contributed by atoms with E-state index in [1.807, 2.05) is 29.5 Å². The van der Waals surface area contributed by atoms with Crippen LogP contribution in [0.2, 0.25) is 0 Å². The van der Waals surface area contributed by atoms with Crippen molar-refractivity contribution in [2.24, 2.45) is 0 Å². The van der Waals surface area contributed by atoms with Crippen molar-refractivity contribution in [3.8, 4) is 0 Å². The van der Waals surface area contributed by atoms with Gasteiger partial charge in [-0.25, -0.2) is 9.97 Å². The molecule has 0 bridgehead atoms. The molecule has 108 valence electrons. The number of nitrogens with one attached hydrogen (secondary N) is 1. The zero-order valence-corrected chi connectivity index (χ0v) is 12.2. The molecule has 6 nitrogen and oxygen atoms in total. The fourth-order valence-corrected chi connectivity index (χ4v) is 1.99. The van der Waals surface area contributed by atoms with Crippen molar-refractivity contribution < 1.29 is 0 Å². The maximum atomic E-state index is 4.37. The van der Waals surface area contributed by atoms with E-state index in [1.54, 1.807) is 0 Å². The lowest BCUT2D eigenvalue weighted by Crippen LogP contribution is -2.27. The molecule has 0 aliphatic heterocycles. The molecule has 0 fully saturated rings. The van der Waals surface area contributed by atoms with Crippen LogP contribution in [0, 0.1) is 0 Å². The highest BCUT2D eigenvalue weighted by molar-refractivity contribution is 5.38. The van der Waals surface area contributed by atoms with Crippen molar-refractivity contribution in [2.45, 2.75) is 26.9 Å². The van der Waals surface area contributed by atoms with Crippen molar-refractivity contribution in [1.82, 2.24) is 24.6 Å². The number of rotatable bonds is 8. The molecule has 0 aliphatic rings. The van der Waals surface area contributed by atoms with E-state index in [2.05, 4.69) is 39.1 Å². The van der Waals surface area contributed by atoms with Gasteiger partial charge in [-0.05, 0) is 13.1 Å². The Morgan fingerprint density at radius 2 is 1.90 bits per heavy atom. The summed E-state index contributed by atoms with van der Waals surface area (Å²) < 4.78 is 1.97. The van der Waals surface area contributed by atoms with Gasteiger partial charge in [0.25, 0.3) is 0 Å². The van der Waals surface area contributed by atoms with E-state index in [0.717, 1.165) is 37.4 Å². The summed E-state index contributed by atoms with van der Waals surface area (Å²) in [5.74, 6) is 0. The number of hydrogen-bond acceptors (Lipinski definition) is 5. The highest BCUT2D eigenvalue weighted by Crippen LogP contribution is 2.07. The summed E-state index contributed by atoms with van der Waals surface area (Å²) in [5, 5.41) is 7.69. The van der Waals surface area contributed by atoms with Crippen LogP contribution in [0.15, 0.2) is 31.1 Å². The molecule has 0 atom stereocenters. The van der Waals surface area contributed by atoms with E-state index < -0.39 is 0 Å². The van der Waals surface area contributed by atoms with Gasteiger partial charge in [0.15, 0.2) is 0 Å². The molecule has 0 saturated carbocycles. The minimum atomic E-state index is 0.711. The normalized spacial score (nSPS) is 10.9. The lowest BCUT2D eigenvalue weighted by Gasteiger charge is -2.17. The van der Waals surface area contributed by atoms with Crippen molar-refractivity contribution >= 4 is 5.69 Å². The molecule has 0 spiro atoms. The molecular weight excluding hydrogens is 252 g/mol. The van der Waals surface area contributed by atoms with Crippen LogP contribution in [0.25, 0.3) is 0 Å². The third-order valence-corrected chi connectivity index (χ3v) is 3.28. The third-order valence-electron chi connectivity index (χ3n) is 3.28. The van der Waals surface area contributed by atoms with Crippen molar-refractivity contribution in [2.75, 3.05) is 25.0 Å². The molecule has 2 aromatic heterocycles. The molecule has 0 aliphatic carbocycles. The van der Waals surface area contributed by atoms with Crippen molar-refractivity contribution in [3.63, 3.8) is 0 Å². The van der Waals surface area contributed by atoms with Gasteiger partial charge >= 0.3 is 0 Å².